The molecule has 24 heavy (non-hydrogen) atoms. The number of hydrogen-bond donors (Lipinski definition) is 0. The predicted octanol–water partition coefficient (Wildman–Crippen LogP) is 2.82. The first-order valence-corrected chi connectivity index (χ1v) is 10.1. The Balaban J connectivity index is 1.45. The second-order valence-corrected chi connectivity index (χ2v) is 7.70. The number of aryl methyl sites for hydroxylation is 1. The molecule has 2 fully saturated rings. The number of morpholine rings is 1. The Labute approximate surface area is 148 Å². The monoisotopic (exact) mass is 352 g/mol. The molecule has 0 atom stereocenters. The number of carbonyl (C=O) groups excluding carboxylic acids is 1. The number of nitrogens with zero attached hydrogens (tertiary/aromatic N) is 4. The van der Waals surface area contributed by atoms with Crippen LogP contribution in [0.5, 0.6) is 0 Å². The standard InChI is InChI=1S/C17H28N4O2S/c1-14-18-19-17(21(14)15-6-3-2-4-7-15)24-13-5-8-16(22)20-9-11-23-12-10-20/h15H,2-13H2,1H3. The third-order valence-corrected chi connectivity index (χ3v) is 5.93. The Bertz CT molecular complexity index is 537. The van der Waals surface area contributed by atoms with Crippen LogP contribution in [0.3, 0.4) is 0 Å². The van der Waals surface area contributed by atoms with Crippen LogP contribution in [-0.2, 0) is 9.53 Å². The summed E-state index contributed by atoms with van der Waals surface area (Å²) in [6, 6.07) is 0.561. The van der Waals surface area contributed by atoms with E-state index in [1.807, 2.05) is 11.8 Å². The second-order valence-electron chi connectivity index (χ2n) is 6.64. The molecular formula is C17H28N4O2S. The van der Waals surface area contributed by atoms with Gasteiger partial charge in [-0.05, 0) is 26.2 Å². The van der Waals surface area contributed by atoms with Gasteiger partial charge in [0.1, 0.15) is 5.82 Å². The molecular weight excluding hydrogens is 324 g/mol. The summed E-state index contributed by atoms with van der Waals surface area (Å²) in [5, 5.41) is 9.67. The molecule has 6 nitrogen and oxygen atoms in total. The van der Waals surface area contributed by atoms with Gasteiger partial charge in [-0.25, -0.2) is 0 Å². The van der Waals surface area contributed by atoms with Gasteiger partial charge in [0.05, 0.1) is 13.2 Å². The van der Waals surface area contributed by atoms with Crippen molar-refractivity contribution in [3.8, 4) is 0 Å². The number of hydrogen-bond acceptors (Lipinski definition) is 5. The van der Waals surface area contributed by atoms with Crippen molar-refractivity contribution in [3.63, 3.8) is 0 Å². The molecule has 0 N–H and O–H groups in total. The fourth-order valence-electron chi connectivity index (χ4n) is 3.57. The highest BCUT2D eigenvalue weighted by atomic mass is 32.2. The molecule has 2 aliphatic rings. The van der Waals surface area contributed by atoms with E-state index < -0.39 is 0 Å². The van der Waals surface area contributed by atoms with E-state index in [9.17, 15) is 4.79 Å². The van der Waals surface area contributed by atoms with Crippen molar-refractivity contribution >= 4 is 17.7 Å². The van der Waals surface area contributed by atoms with E-state index in [1.165, 1.54) is 32.1 Å². The van der Waals surface area contributed by atoms with Gasteiger partial charge in [0.25, 0.3) is 0 Å². The van der Waals surface area contributed by atoms with Crippen molar-refractivity contribution in [1.29, 1.82) is 0 Å². The van der Waals surface area contributed by atoms with E-state index >= 15 is 0 Å². The molecule has 7 heteroatoms. The van der Waals surface area contributed by atoms with Crippen LogP contribution < -0.4 is 0 Å². The van der Waals surface area contributed by atoms with Crippen molar-refractivity contribution in [2.45, 2.75) is 63.1 Å². The molecule has 3 rings (SSSR count). The first-order chi connectivity index (χ1) is 11.8. The quantitative estimate of drug-likeness (QED) is 0.582. The third-order valence-electron chi connectivity index (χ3n) is 4.90. The van der Waals surface area contributed by atoms with Gasteiger partial charge in [-0.2, -0.15) is 0 Å². The average molecular weight is 353 g/mol. The maximum atomic E-state index is 12.2. The highest BCUT2D eigenvalue weighted by molar-refractivity contribution is 7.99. The lowest BCUT2D eigenvalue weighted by atomic mass is 9.95. The molecule has 1 saturated heterocycles. The molecule has 0 spiro atoms. The van der Waals surface area contributed by atoms with Gasteiger partial charge >= 0.3 is 0 Å². The van der Waals surface area contributed by atoms with Crippen LogP contribution in [-0.4, -0.2) is 57.6 Å². The summed E-state index contributed by atoms with van der Waals surface area (Å²) in [6.45, 7) is 4.87. The van der Waals surface area contributed by atoms with Crippen molar-refractivity contribution < 1.29 is 9.53 Å². The van der Waals surface area contributed by atoms with Gasteiger partial charge in [0.2, 0.25) is 5.91 Å². The van der Waals surface area contributed by atoms with Crippen LogP contribution in [0.25, 0.3) is 0 Å². The molecule has 1 saturated carbocycles. The Morgan fingerprint density at radius 1 is 1.21 bits per heavy atom. The Kier molecular flexibility index (Phi) is 6.54. The highest BCUT2D eigenvalue weighted by Gasteiger charge is 2.21. The summed E-state index contributed by atoms with van der Waals surface area (Å²) >= 11 is 1.74. The molecule has 0 unspecified atom stereocenters. The van der Waals surface area contributed by atoms with Gasteiger partial charge in [-0.3, -0.25) is 4.79 Å². The zero-order valence-corrected chi connectivity index (χ0v) is 15.4. The first-order valence-electron chi connectivity index (χ1n) is 9.15. The number of ether oxygens (including phenoxy) is 1. The van der Waals surface area contributed by atoms with Crippen LogP contribution in [0.2, 0.25) is 0 Å². The van der Waals surface area contributed by atoms with Crippen molar-refractivity contribution in [2.24, 2.45) is 0 Å². The third kappa shape index (κ3) is 4.51. The van der Waals surface area contributed by atoms with Gasteiger partial charge in [-0.15, -0.1) is 10.2 Å². The molecule has 134 valence electrons. The largest absolute Gasteiger partial charge is 0.378 e. The molecule has 1 aliphatic heterocycles. The summed E-state index contributed by atoms with van der Waals surface area (Å²) in [4.78, 5) is 14.1. The fraction of sp³-hybridized carbons (Fsp3) is 0.824. The first kappa shape index (κ1) is 17.7. The number of rotatable bonds is 6. The number of aromatic nitrogens is 3. The van der Waals surface area contributed by atoms with Crippen LogP contribution in [0.15, 0.2) is 5.16 Å². The van der Waals surface area contributed by atoms with E-state index in [1.54, 1.807) is 11.8 Å². The summed E-state index contributed by atoms with van der Waals surface area (Å²) in [7, 11) is 0. The van der Waals surface area contributed by atoms with Gasteiger partial charge in [0, 0.05) is 31.3 Å². The lowest BCUT2D eigenvalue weighted by Crippen LogP contribution is -2.40. The number of carbonyl (C=O) groups is 1. The van der Waals surface area contributed by atoms with Crippen LogP contribution in [0.4, 0.5) is 0 Å². The van der Waals surface area contributed by atoms with Crippen molar-refractivity contribution in [2.75, 3.05) is 32.1 Å². The fourth-order valence-corrected chi connectivity index (χ4v) is 4.56. The number of amides is 1. The molecule has 1 amide bonds. The average Bonchev–Trinajstić information content (AvgIpc) is 3.00. The molecule has 1 aliphatic carbocycles. The van der Waals surface area contributed by atoms with Gasteiger partial charge in [0.15, 0.2) is 5.16 Å². The van der Waals surface area contributed by atoms with Crippen molar-refractivity contribution in [1.82, 2.24) is 19.7 Å². The van der Waals surface area contributed by atoms with E-state index in [2.05, 4.69) is 14.8 Å². The molecule has 0 bridgehead atoms. The minimum atomic E-state index is 0.254. The Morgan fingerprint density at radius 2 is 1.96 bits per heavy atom. The minimum Gasteiger partial charge on any atom is -0.378 e. The van der Waals surface area contributed by atoms with E-state index in [-0.39, 0.29) is 5.91 Å². The summed E-state index contributed by atoms with van der Waals surface area (Å²) in [5.41, 5.74) is 0. The molecule has 1 aromatic heterocycles. The Hall–Kier alpha value is -1.08. The van der Waals surface area contributed by atoms with E-state index in [0.29, 0.717) is 25.7 Å². The molecule has 0 aromatic carbocycles. The van der Waals surface area contributed by atoms with Crippen molar-refractivity contribution in [3.05, 3.63) is 5.82 Å². The van der Waals surface area contributed by atoms with Gasteiger partial charge in [-0.1, -0.05) is 31.0 Å². The predicted molar refractivity (Wildman–Crippen MR) is 94.2 cm³/mol. The maximum Gasteiger partial charge on any atom is 0.222 e. The lowest BCUT2D eigenvalue weighted by molar-refractivity contribution is -0.135. The lowest BCUT2D eigenvalue weighted by Gasteiger charge is -2.27. The normalized spacial score (nSPS) is 19.6. The van der Waals surface area contributed by atoms with E-state index in [4.69, 9.17) is 4.74 Å². The zero-order chi connectivity index (χ0) is 16.8. The molecule has 1 aromatic rings. The van der Waals surface area contributed by atoms with Gasteiger partial charge < -0.3 is 14.2 Å². The number of thioether (sulfide) groups is 1. The zero-order valence-electron chi connectivity index (χ0n) is 14.6. The van der Waals surface area contributed by atoms with Crippen LogP contribution >= 0.6 is 11.8 Å². The Morgan fingerprint density at radius 3 is 2.71 bits per heavy atom. The highest BCUT2D eigenvalue weighted by Crippen LogP contribution is 2.32. The second kappa shape index (κ2) is 8.85. The van der Waals surface area contributed by atoms with Crippen LogP contribution in [0.1, 0.15) is 56.8 Å². The summed E-state index contributed by atoms with van der Waals surface area (Å²) < 4.78 is 7.62. The van der Waals surface area contributed by atoms with Crippen LogP contribution in [0, 0.1) is 6.92 Å². The smallest absolute Gasteiger partial charge is 0.222 e. The topological polar surface area (TPSA) is 60.3 Å². The minimum absolute atomic E-state index is 0.254. The van der Waals surface area contributed by atoms with E-state index in [0.717, 1.165) is 36.2 Å². The summed E-state index contributed by atoms with van der Waals surface area (Å²) in [6.07, 6.45) is 7.94. The maximum absolute atomic E-state index is 12.2. The summed E-state index contributed by atoms with van der Waals surface area (Å²) in [5.74, 6) is 2.19. The molecule has 2 heterocycles. The SMILES string of the molecule is Cc1nnc(SCCCC(=O)N2CCOCC2)n1C1CCCCC1. The molecule has 0 radical (unpaired) electrons.